The molecule has 0 spiro atoms. The number of benzene rings is 1. The van der Waals surface area contributed by atoms with Gasteiger partial charge in [0.15, 0.2) is 18.1 Å². The van der Waals surface area contributed by atoms with Crippen molar-refractivity contribution in [2.45, 2.75) is 33.2 Å². The van der Waals surface area contributed by atoms with Crippen LogP contribution in [0.4, 0.5) is 0 Å². The average molecular weight is 392 g/mol. The van der Waals surface area contributed by atoms with Crippen LogP contribution < -0.4 is 9.47 Å². The van der Waals surface area contributed by atoms with Gasteiger partial charge in [0.05, 0.1) is 11.6 Å². The fourth-order valence-corrected chi connectivity index (χ4v) is 3.13. The molecule has 0 saturated carbocycles. The number of ether oxygens (including phenoxy) is 2. The maximum Gasteiger partial charge on any atom is 0.341 e. The number of carboxylic acids is 1. The minimum absolute atomic E-state index is 0.0240. The van der Waals surface area contributed by atoms with Crippen LogP contribution in [-0.4, -0.2) is 52.7 Å². The van der Waals surface area contributed by atoms with Gasteiger partial charge >= 0.3 is 5.97 Å². The zero-order chi connectivity index (χ0) is 19.8. The third-order valence-corrected chi connectivity index (χ3v) is 4.62. The number of carbonyl (C=O) groups excluding carboxylic acids is 1. The van der Waals surface area contributed by atoms with Crippen LogP contribution in [-0.2, 0) is 11.2 Å². The molecule has 2 aromatic rings. The molecule has 0 bridgehead atoms. The second kappa shape index (κ2) is 9.91. The fraction of sp³-hybridized carbons (Fsp3) is 0.421. The Kier molecular flexibility index (Phi) is 7.60. The molecule has 1 aromatic carbocycles. The molecule has 1 N–H and O–H groups in total. The summed E-state index contributed by atoms with van der Waals surface area (Å²) in [7, 11) is 0. The first-order valence-corrected chi connectivity index (χ1v) is 9.61. The van der Waals surface area contributed by atoms with Crippen molar-refractivity contribution in [1.82, 2.24) is 9.88 Å². The van der Waals surface area contributed by atoms with Crippen molar-refractivity contribution in [3.63, 3.8) is 0 Å². The molecule has 0 unspecified atom stereocenters. The summed E-state index contributed by atoms with van der Waals surface area (Å²) in [6, 6.07) is 4.82. The minimum Gasteiger partial charge on any atom is -0.490 e. The smallest absolute Gasteiger partial charge is 0.341 e. The van der Waals surface area contributed by atoms with Crippen LogP contribution >= 0.6 is 11.3 Å². The van der Waals surface area contributed by atoms with Crippen molar-refractivity contribution in [2.75, 3.05) is 19.8 Å². The van der Waals surface area contributed by atoms with E-state index in [2.05, 4.69) is 4.98 Å². The lowest BCUT2D eigenvalue weighted by Gasteiger charge is -2.27. The van der Waals surface area contributed by atoms with Gasteiger partial charge in [0.2, 0.25) is 0 Å². The average Bonchev–Trinajstić information content (AvgIpc) is 3.14. The maximum atomic E-state index is 13.0. The molecular weight excluding hydrogens is 368 g/mol. The maximum absolute atomic E-state index is 13.0. The van der Waals surface area contributed by atoms with E-state index in [4.69, 9.17) is 14.6 Å². The van der Waals surface area contributed by atoms with Crippen molar-refractivity contribution in [3.05, 3.63) is 40.3 Å². The number of hydrogen-bond donors (Lipinski definition) is 1. The minimum atomic E-state index is -1.08. The first-order valence-electron chi connectivity index (χ1n) is 8.73. The van der Waals surface area contributed by atoms with Crippen LogP contribution in [0, 0.1) is 0 Å². The monoisotopic (exact) mass is 392 g/mol. The molecule has 0 atom stereocenters. The van der Waals surface area contributed by atoms with Gasteiger partial charge in [-0.25, -0.2) is 9.78 Å². The number of aromatic nitrogens is 1. The Bertz CT molecular complexity index is 761. The van der Waals surface area contributed by atoms with Gasteiger partial charge in [-0.3, -0.25) is 4.79 Å². The Morgan fingerprint density at radius 1 is 1.26 bits per heavy atom. The highest BCUT2D eigenvalue weighted by Gasteiger charge is 2.21. The molecular formula is C19H24N2O5S. The topological polar surface area (TPSA) is 89.0 Å². The summed E-state index contributed by atoms with van der Waals surface area (Å²) in [5.41, 5.74) is 0.467. The zero-order valence-electron chi connectivity index (χ0n) is 15.7. The van der Waals surface area contributed by atoms with Crippen LogP contribution in [0.25, 0.3) is 0 Å². The van der Waals surface area contributed by atoms with Gasteiger partial charge in [-0.15, -0.1) is 11.3 Å². The SMILES string of the molecule is CCOc1cc(C(=O)N(CCc2nccs2)C(C)C)ccc1OCC(=O)O. The molecule has 0 aliphatic rings. The molecule has 0 aliphatic carbocycles. The lowest BCUT2D eigenvalue weighted by molar-refractivity contribution is -0.139. The van der Waals surface area contributed by atoms with Crippen molar-refractivity contribution < 1.29 is 24.2 Å². The number of carbonyl (C=O) groups is 2. The Hall–Kier alpha value is -2.61. The van der Waals surface area contributed by atoms with Gasteiger partial charge in [-0.1, -0.05) is 0 Å². The van der Waals surface area contributed by atoms with Gasteiger partial charge < -0.3 is 19.5 Å². The number of nitrogens with zero attached hydrogens (tertiary/aromatic N) is 2. The van der Waals surface area contributed by atoms with Crippen molar-refractivity contribution in [1.29, 1.82) is 0 Å². The van der Waals surface area contributed by atoms with E-state index < -0.39 is 12.6 Å². The normalized spacial score (nSPS) is 10.7. The number of carboxylic acid groups (broad SMARTS) is 1. The van der Waals surface area contributed by atoms with E-state index in [0.29, 0.717) is 36.6 Å². The summed E-state index contributed by atoms with van der Waals surface area (Å²) in [4.78, 5) is 29.8. The first-order chi connectivity index (χ1) is 12.9. The Morgan fingerprint density at radius 2 is 2.04 bits per heavy atom. The van der Waals surface area contributed by atoms with Crippen LogP contribution in [0.3, 0.4) is 0 Å². The Balaban J connectivity index is 2.18. The molecule has 1 aromatic heterocycles. The van der Waals surface area contributed by atoms with Gasteiger partial charge in [0, 0.05) is 36.1 Å². The molecule has 7 nitrogen and oxygen atoms in total. The van der Waals surface area contributed by atoms with Crippen LogP contribution in [0.1, 0.15) is 36.1 Å². The second-order valence-electron chi connectivity index (χ2n) is 6.05. The van der Waals surface area contributed by atoms with Crippen LogP contribution in [0.15, 0.2) is 29.8 Å². The van der Waals surface area contributed by atoms with Crippen molar-refractivity contribution >= 4 is 23.2 Å². The third-order valence-electron chi connectivity index (χ3n) is 3.78. The molecule has 0 radical (unpaired) electrons. The number of rotatable bonds is 10. The predicted octanol–water partition coefficient (Wildman–Crippen LogP) is 3.10. The molecule has 146 valence electrons. The number of hydrogen-bond acceptors (Lipinski definition) is 6. The molecule has 1 amide bonds. The summed E-state index contributed by atoms with van der Waals surface area (Å²) >= 11 is 1.57. The molecule has 1 heterocycles. The summed E-state index contributed by atoms with van der Waals surface area (Å²) in [5.74, 6) is -0.541. The van der Waals surface area contributed by atoms with Crippen molar-refractivity contribution in [3.8, 4) is 11.5 Å². The molecule has 0 aliphatic heterocycles. The summed E-state index contributed by atoms with van der Waals surface area (Å²) < 4.78 is 10.8. The Labute approximate surface area is 162 Å². The van der Waals surface area contributed by atoms with Gasteiger partial charge in [0.1, 0.15) is 0 Å². The highest BCUT2D eigenvalue weighted by molar-refractivity contribution is 7.09. The largest absolute Gasteiger partial charge is 0.490 e. The van der Waals surface area contributed by atoms with E-state index in [0.717, 1.165) is 5.01 Å². The molecule has 0 saturated heterocycles. The molecule has 8 heteroatoms. The molecule has 27 heavy (non-hydrogen) atoms. The van der Waals surface area contributed by atoms with E-state index in [1.54, 1.807) is 40.6 Å². The van der Waals surface area contributed by atoms with E-state index >= 15 is 0 Å². The van der Waals surface area contributed by atoms with Crippen LogP contribution in [0.2, 0.25) is 0 Å². The first kappa shape index (κ1) is 20.7. The van der Waals surface area contributed by atoms with Crippen LogP contribution in [0.5, 0.6) is 11.5 Å². The van der Waals surface area contributed by atoms with Gasteiger partial charge in [-0.2, -0.15) is 0 Å². The van der Waals surface area contributed by atoms with E-state index in [9.17, 15) is 9.59 Å². The van der Waals surface area contributed by atoms with E-state index in [-0.39, 0.29) is 11.9 Å². The fourth-order valence-electron chi connectivity index (χ4n) is 2.52. The van der Waals surface area contributed by atoms with Gasteiger partial charge in [-0.05, 0) is 39.0 Å². The third kappa shape index (κ3) is 5.96. The summed E-state index contributed by atoms with van der Waals surface area (Å²) in [6.07, 6.45) is 2.45. The standard InChI is InChI=1S/C19H24N2O5S/c1-4-25-16-11-14(5-6-15(16)26-12-18(22)23)19(24)21(13(2)3)9-7-17-20-8-10-27-17/h5-6,8,10-11,13H,4,7,9,12H2,1-3H3,(H,22,23). The molecule has 2 rings (SSSR count). The number of aliphatic carboxylic acids is 1. The quantitative estimate of drug-likeness (QED) is 0.668. The summed E-state index contributed by atoms with van der Waals surface area (Å²) in [5, 5.41) is 11.7. The second-order valence-corrected chi connectivity index (χ2v) is 7.02. The zero-order valence-corrected chi connectivity index (χ0v) is 16.5. The highest BCUT2D eigenvalue weighted by Crippen LogP contribution is 2.29. The molecule has 0 fully saturated rings. The van der Waals surface area contributed by atoms with E-state index in [1.807, 2.05) is 26.2 Å². The van der Waals surface area contributed by atoms with Crippen molar-refractivity contribution in [2.24, 2.45) is 0 Å². The van der Waals surface area contributed by atoms with E-state index in [1.165, 1.54) is 0 Å². The highest BCUT2D eigenvalue weighted by atomic mass is 32.1. The lowest BCUT2D eigenvalue weighted by atomic mass is 10.1. The lowest BCUT2D eigenvalue weighted by Crippen LogP contribution is -2.38. The van der Waals surface area contributed by atoms with Gasteiger partial charge in [0.25, 0.3) is 5.91 Å². The number of thiazole rings is 1. The summed E-state index contributed by atoms with van der Waals surface area (Å²) in [6.45, 7) is 6.20. The predicted molar refractivity (Wildman–Crippen MR) is 103 cm³/mol. The Morgan fingerprint density at radius 3 is 2.63 bits per heavy atom. The number of amides is 1.